The maximum absolute atomic E-state index is 12.4. The van der Waals surface area contributed by atoms with Crippen LogP contribution in [0.5, 0.6) is 0 Å². The van der Waals surface area contributed by atoms with Crippen molar-refractivity contribution >= 4 is 18.0 Å². The Labute approximate surface area is 124 Å². The van der Waals surface area contributed by atoms with E-state index in [-0.39, 0.29) is 56.9 Å². The Morgan fingerprint density at radius 2 is 1.71 bits per heavy atom. The molecule has 1 rings (SSSR count). The van der Waals surface area contributed by atoms with E-state index in [2.05, 4.69) is 6.58 Å². The van der Waals surface area contributed by atoms with Crippen LogP contribution in [-0.2, 0) is 0 Å². The second kappa shape index (κ2) is 5.51. The van der Waals surface area contributed by atoms with Crippen molar-refractivity contribution in [3.05, 3.63) is 36.4 Å². The van der Waals surface area contributed by atoms with Crippen LogP contribution in [0, 0.1) is 0 Å². The molecule has 0 fully saturated rings. The molecule has 0 aliphatic carbocycles. The molecule has 0 spiro atoms. The van der Waals surface area contributed by atoms with E-state index in [1.807, 2.05) is 0 Å². The average Bonchev–Trinajstić information content (AvgIpc) is 2.03. The number of allylic oxidation sites excluding steroid dienone is 1. The molecule has 0 saturated heterocycles. The molecule has 0 unspecified atom stereocenters. The molecular formula is C9H9BF3K. The fourth-order valence-electron chi connectivity index (χ4n) is 1.17. The largest absolute Gasteiger partial charge is 1.00 e. The Bertz CT molecular complexity index is 333. The summed E-state index contributed by atoms with van der Waals surface area (Å²) < 4.78 is 37.3. The zero-order valence-electron chi connectivity index (χ0n) is 8.23. The molecule has 0 nitrogen and oxygen atoms in total. The zero-order chi connectivity index (χ0) is 10.1. The molecular weight excluding hydrogens is 215 g/mol. The topological polar surface area (TPSA) is 0 Å². The predicted octanol–water partition coefficient (Wildman–Crippen LogP) is -0.222. The molecule has 5 heteroatoms. The first kappa shape index (κ1) is 14.5. The van der Waals surface area contributed by atoms with Crippen LogP contribution in [-0.4, -0.2) is 6.98 Å². The molecule has 0 aliphatic heterocycles. The van der Waals surface area contributed by atoms with E-state index in [1.165, 1.54) is 12.1 Å². The van der Waals surface area contributed by atoms with Gasteiger partial charge in [0.15, 0.2) is 0 Å². The van der Waals surface area contributed by atoms with E-state index >= 15 is 0 Å². The summed E-state index contributed by atoms with van der Waals surface area (Å²) in [6.45, 7) is 0.151. The molecule has 1 aromatic carbocycles. The Balaban J connectivity index is 0.00000169. The average molecular weight is 224 g/mol. The summed E-state index contributed by atoms with van der Waals surface area (Å²) in [4.78, 5) is 0. The minimum atomic E-state index is -4.93. The zero-order valence-corrected chi connectivity index (χ0v) is 11.4. The van der Waals surface area contributed by atoms with Gasteiger partial charge in [0.25, 0.3) is 0 Å². The summed E-state index contributed by atoms with van der Waals surface area (Å²) in [6, 6.07) is 5.49. The summed E-state index contributed by atoms with van der Waals surface area (Å²) in [5, 5.41) is 0. The van der Waals surface area contributed by atoms with Gasteiger partial charge in [0.1, 0.15) is 0 Å². The smallest absolute Gasteiger partial charge is 0.445 e. The molecule has 0 saturated carbocycles. The summed E-state index contributed by atoms with van der Waals surface area (Å²) in [5.41, 5.74) is 0.0693. The molecule has 14 heavy (non-hydrogen) atoms. The third-order valence-electron chi connectivity index (χ3n) is 1.77. The number of halogens is 3. The van der Waals surface area contributed by atoms with E-state index in [0.29, 0.717) is 5.57 Å². The second-order valence-electron chi connectivity index (χ2n) is 2.94. The van der Waals surface area contributed by atoms with Crippen molar-refractivity contribution < 1.29 is 64.3 Å². The maximum Gasteiger partial charge on any atom is 1.00 e. The summed E-state index contributed by atoms with van der Waals surface area (Å²) in [6.07, 6.45) is 0. The molecule has 0 heterocycles. The van der Waals surface area contributed by atoms with Gasteiger partial charge < -0.3 is 12.9 Å². The van der Waals surface area contributed by atoms with Crippen molar-refractivity contribution in [2.24, 2.45) is 0 Å². The number of hydrogen-bond donors (Lipinski definition) is 0. The Morgan fingerprint density at radius 1 is 1.21 bits per heavy atom. The molecule has 0 atom stereocenters. The van der Waals surface area contributed by atoms with Gasteiger partial charge in [-0.15, -0.1) is 5.46 Å². The monoisotopic (exact) mass is 224 g/mol. The van der Waals surface area contributed by atoms with Crippen LogP contribution >= 0.6 is 0 Å². The molecule has 0 N–H and O–H groups in total. The van der Waals surface area contributed by atoms with Gasteiger partial charge in [0, 0.05) is 0 Å². The molecule has 0 aliphatic rings. The van der Waals surface area contributed by atoms with E-state index in [1.54, 1.807) is 13.0 Å². The van der Waals surface area contributed by atoms with E-state index < -0.39 is 12.4 Å². The first-order valence-electron chi connectivity index (χ1n) is 3.87. The van der Waals surface area contributed by atoms with Crippen LogP contribution < -0.4 is 56.8 Å². The summed E-state index contributed by atoms with van der Waals surface area (Å²) in [5.74, 6) is 0. The first-order valence-corrected chi connectivity index (χ1v) is 3.87. The number of rotatable bonds is 2. The SMILES string of the molecule is C=C(C)c1ccccc1[B-](F)(F)F.[K+]. The molecule has 0 aromatic heterocycles. The first-order chi connectivity index (χ1) is 5.93. The minimum absolute atomic E-state index is 0. The van der Waals surface area contributed by atoms with Gasteiger partial charge in [-0.05, 0) is 6.92 Å². The number of benzene rings is 1. The quantitative estimate of drug-likeness (QED) is 0.609. The van der Waals surface area contributed by atoms with Crippen LogP contribution in [0.3, 0.4) is 0 Å². The standard InChI is InChI=1S/C9H9BF3.K/c1-7(2)8-5-3-4-6-9(8)10(11,12)13;/h3-6H,1H2,2H3;/q-1;+1. The molecule has 1 aromatic rings. The van der Waals surface area contributed by atoms with Gasteiger partial charge in [-0.2, -0.15) is 0 Å². The van der Waals surface area contributed by atoms with Gasteiger partial charge in [-0.1, -0.05) is 42.0 Å². The maximum atomic E-state index is 12.4. The Kier molecular flexibility index (Phi) is 5.69. The second-order valence-corrected chi connectivity index (χ2v) is 2.94. The fraction of sp³-hybridized carbons (Fsp3) is 0.111. The van der Waals surface area contributed by atoms with Crippen molar-refractivity contribution in [3.63, 3.8) is 0 Å². The molecule has 70 valence electrons. The minimum Gasteiger partial charge on any atom is -0.445 e. The third kappa shape index (κ3) is 3.55. The predicted molar refractivity (Wildman–Crippen MR) is 49.9 cm³/mol. The van der Waals surface area contributed by atoms with Crippen molar-refractivity contribution in [2.75, 3.05) is 0 Å². The van der Waals surface area contributed by atoms with Crippen LogP contribution in [0.25, 0.3) is 5.57 Å². The molecule has 0 radical (unpaired) electrons. The molecule has 0 amide bonds. The van der Waals surface area contributed by atoms with Gasteiger partial charge >= 0.3 is 58.4 Å². The Morgan fingerprint density at radius 3 is 2.07 bits per heavy atom. The van der Waals surface area contributed by atoms with E-state index in [9.17, 15) is 12.9 Å². The van der Waals surface area contributed by atoms with E-state index in [4.69, 9.17) is 0 Å². The summed E-state index contributed by atoms with van der Waals surface area (Å²) >= 11 is 0. The van der Waals surface area contributed by atoms with Crippen LogP contribution in [0.2, 0.25) is 0 Å². The van der Waals surface area contributed by atoms with Crippen LogP contribution in [0.4, 0.5) is 12.9 Å². The van der Waals surface area contributed by atoms with Gasteiger partial charge in [-0.25, -0.2) is 0 Å². The summed E-state index contributed by atoms with van der Waals surface area (Å²) in [7, 11) is 0. The normalized spacial score (nSPS) is 10.6. The van der Waals surface area contributed by atoms with Crippen LogP contribution in [0.15, 0.2) is 30.8 Å². The third-order valence-corrected chi connectivity index (χ3v) is 1.77. The van der Waals surface area contributed by atoms with Gasteiger partial charge in [-0.3, -0.25) is 0 Å². The van der Waals surface area contributed by atoms with Gasteiger partial charge in [0.05, 0.1) is 0 Å². The van der Waals surface area contributed by atoms with Crippen molar-refractivity contribution in [1.29, 1.82) is 0 Å². The number of hydrogen-bond acceptors (Lipinski definition) is 0. The molecule has 0 bridgehead atoms. The van der Waals surface area contributed by atoms with Crippen molar-refractivity contribution in [1.82, 2.24) is 0 Å². The van der Waals surface area contributed by atoms with Crippen LogP contribution in [0.1, 0.15) is 12.5 Å². The fourth-order valence-corrected chi connectivity index (χ4v) is 1.17. The van der Waals surface area contributed by atoms with Crippen molar-refractivity contribution in [2.45, 2.75) is 6.92 Å². The Hall–Kier alpha value is 0.451. The van der Waals surface area contributed by atoms with Crippen molar-refractivity contribution in [3.8, 4) is 0 Å². The van der Waals surface area contributed by atoms with Gasteiger partial charge in [0.2, 0.25) is 0 Å². The van der Waals surface area contributed by atoms with E-state index in [0.717, 1.165) is 6.07 Å².